The average Bonchev–Trinajstić information content (AvgIpc) is 3.39. The standard InChI is InChI=1S/C33H30N6O4S/c1-23-10-11-24(2)29(18-23)27-12-13-32-35-33(25-7-5-8-28(19-25)39(40)41)30(38(32)21-27)22-36-14-16-37(17-15-36)44(42,43)31-9-4-3-6-26(31)20-34/h3-13,18-19,21H,14-17,22H2,1-2H3. The lowest BCUT2D eigenvalue weighted by atomic mass is 10.00. The SMILES string of the molecule is Cc1ccc(C)c(-c2ccc3nc(-c4cccc([N+](=O)[O-])c4)c(CN4CCN(S(=O)(=O)c5ccccc5C#N)CC4)n3c2)c1. The van der Waals surface area contributed by atoms with Crippen LogP contribution in [-0.4, -0.2) is 58.1 Å². The summed E-state index contributed by atoms with van der Waals surface area (Å²) in [6.07, 6.45) is 2.06. The number of sulfonamides is 1. The van der Waals surface area contributed by atoms with E-state index in [1.807, 2.05) is 28.7 Å². The normalized spacial score (nSPS) is 14.5. The van der Waals surface area contributed by atoms with Crippen molar-refractivity contribution in [2.75, 3.05) is 26.2 Å². The van der Waals surface area contributed by atoms with Crippen LogP contribution in [0, 0.1) is 35.3 Å². The van der Waals surface area contributed by atoms with E-state index in [4.69, 9.17) is 4.98 Å². The zero-order chi connectivity index (χ0) is 31.0. The summed E-state index contributed by atoms with van der Waals surface area (Å²) >= 11 is 0. The van der Waals surface area contributed by atoms with Gasteiger partial charge in [0.05, 0.1) is 26.8 Å². The molecule has 0 aliphatic carbocycles. The molecule has 3 heterocycles. The van der Waals surface area contributed by atoms with Crippen molar-refractivity contribution in [3.8, 4) is 28.5 Å². The van der Waals surface area contributed by atoms with Crippen molar-refractivity contribution in [1.82, 2.24) is 18.6 Å². The number of nitro benzene ring substituents is 1. The molecule has 11 heteroatoms. The molecule has 0 atom stereocenters. The van der Waals surface area contributed by atoms with Gasteiger partial charge in [-0.25, -0.2) is 13.4 Å². The number of hydrogen-bond acceptors (Lipinski definition) is 7. The first-order valence-corrected chi connectivity index (χ1v) is 15.6. The molecular weight excluding hydrogens is 576 g/mol. The summed E-state index contributed by atoms with van der Waals surface area (Å²) in [4.78, 5) is 18.3. The first-order chi connectivity index (χ1) is 21.2. The topological polar surface area (TPSA) is 125 Å². The third-order valence-electron chi connectivity index (χ3n) is 8.08. The molecule has 1 fully saturated rings. The van der Waals surface area contributed by atoms with E-state index >= 15 is 0 Å². The van der Waals surface area contributed by atoms with Crippen LogP contribution in [-0.2, 0) is 16.6 Å². The maximum atomic E-state index is 13.4. The van der Waals surface area contributed by atoms with E-state index in [9.17, 15) is 23.8 Å². The van der Waals surface area contributed by atoms with Gasteiger partial charge in [-0.1, -0.05) is 48.0 Å². The van der Waals surface area contributed by atoms with Crippen LogP contribution >= 0.6 is 0 Å². The summed E-state index contributed by atoms with van der Waals surface area (Å²) in [7, 11) is -3.83. The lowest BCUT2D eigenvalue weighted by Crippen LogP contribution is -2.48. The zero-order valence-corrected chi connectivity index (χ0v) is 25.2. The number of nitriles is 1. The van der Waals surface area contributed by atoms with Gasteiger partial charge in [-0.3, -0.25) is 15.0 Å². The Morgan fingerprint density at radius 2 is 1.70 bits per heavy atom. The van der Waals surface area contributed by atoms with Crippen molar-refractivity contribution in [1.29, 1.82) is 5.26 Å². The fourth-order valence-electron chi connectivity index (χ4n) is 5.71. The first kappa shape index (κ1) is 29.2. The van der Waals surface area contributed by atoms with Gasteiger partial charge in [-0.15, -0.1) is 0 Å². The highest BCUT2D eigenvalue weighted by atomic mass is 32.2. The summed E-state index contributed by atoms with van der Waals surface area (Å²) in [5.41, 5.74) is 7.40. The number of non-ortho nitro benzene ring substituents is 1. The summed E-state index contributed by atoms with van der Waals surface area (Å²) in [6.45, 7) is 6.04. The molecule has 0 bridgehead atoms. The van der Waals surface area contributed by atoms with Crippen molar-refractivity contribution in [3.63, 3.8) is 0 Å². The van der Waals surface area contributed by atoms with E-state index < -0.39 is 14.9 Å². The molecule has 0 spiro atoms. The highest BCUT2D eigenvalue weighted by Crippen LogP contribution is 2.32. The number of benzene rings is 3. The molecule has 1 aliphatic heterocycles. The number of nitro groups is 1. The molecule has 6 rings (SSSR count). The fourth-order valence-corrected chi connectivity index (χ4v) is 7.28. The van der Waals surface area contributed by atoms with Crippen LogP contribution in [0.5, 0.6) is 0 Å². The predicted octanol–water partition coefficient (Wildman–Crippen LogP) is 5.57. The lowest BCUT2D eigenvalue weighted by molar-refractivity contribution is -0.384. The molecule has 1 saturated heterocycles. The average molecular weight is 607 g/mol. The summed E-state index contributed by atoms with van der Waals surface area (Å²) < 4.78 is 30.3. The van der Waals surface area contributed by atoms with E-state index in [-0.39, 0.29) is 29.2 Å². The second-order valence-corrected chi connectivity index (χ2v) is 12.9. The number of hydrogen-bond donors (Lipinski definition) is 0. The third-order valence-corrected chi connectivity index (χ3v) is 10.0. The van der Waals surface area contributed by atoms with Gasteiger partial charge < -0.3 is 4.40 Å². The molecule has 0 radical (unpaired) electrons. The molecule has 3 aromatic carbocycles. The quantitative estimate of drug-likeness (QED) is 0.175. The second-order valence-electron chi connectivity index (χ2n) is 11.0. The fraction of sp³-hybridized carbons (Fsp3) is 0.212. The number of piperazine rings is 1. The van der Waals surface area contributed by atoms with E-state index in [0.717, 1.165) is 27.9 Å². The van der Waals surface area contributed by atoms with Crippen molar-refractivity contribution >= 4 is 21.4 Å². The lowest BCUT2D eigenvalue weighted by Gasteiger charge is -2.34. The third kappa shape index (κ3) is 5.46. The molecule has 0 unspecified atom stereocenters. The van der Waals surface area contributed by atoms with E-state index in [2.05, 4.69) is 43.1 Å². The van der Waals surface area contributed by atoms with Crippen LogP contribution in [0.4, 0.5) is 5.69 Å². The molecule has 10 nitrogen and oxygen atoms in total. The maximum Gasteiger partial charge on any atom is 0.270 e. The van der Waals surface area contributed by atoms with E-state index in [1.165, 1.54) is 28.6 Å². The van der Waals surface area contributed by atoms with Gasteiger partial charge in [0, 0.05) is 56.6 Å². The van der Waals surface area contributed by atoms with Gasteiger partial charge >= 0.3 is 0 Å². The predicted molar refractivity (Wildman–Crippen MR) is 167 cm³/mol. The number of nitrogens with zero attached hydrogens (tertiary/aromatic N) is 6. The number of fused-ring (bicyclic) bond motifs is 1. The van der Waals surface area contributed by atoms with Crippen LogP contribution in [0.1, 0.15) is 22.4 Å². The van der Waals surface area contributed by atoms with Crippen LogP contribution in [0.2, 0.25) is 0 Å². The molecular formula is C33H30N6O4S. The Balaban J connectivity index is 1.36. The largest absolute Gasteiger partial charge is 0.301 e. The van der Waals surface area contributed by atoms with E-state index in [0.29, 0.717) is 36.5 Å². The van der Waals surface area contributed by atoms with Gasteiger partial charge in [0.2, 0.25) is 10.0 Å². The monoisotopic (exact) mass is 606 g/mol. The van der Waals surface area contributed by atoms with Gasteiger partial charge in [0.1, 0.15) is 11.7 Å². The highest BCUT2D eigenvalue weighted by molar-refractivity contribution is 7.89. The Morgan fingerprint density at radius 1 is 0.932 bits per heavy atom. The van der Waals surface area contributed by atoms with E-state index in [1.54, 1.807) is 18.2 Å². The minimum Gasteiger partial charge on any atom is -0.301 e. The van der Waals surface area contributed by atoms with Gasteiger partial charge in [0.25, 0.3) is 5.69 Å². The highest BCUT2D eigenvalue weighted by Gasteiger charge is 2.31. The van der Waals surface area contributed by atoms with Gasteiger partial charge in [-0.2, -0.15) is 9.57 Å². The molecule has 44 heavy (non-hydrogen) atoms. The molecule has 2 aromatic heterocycles. The number of aryl methyl sites for hydroxylation is 2. The Kier molecular flexibility index (Phi) is 7.73. The number of imidazole rings is 1. The Morgan fingerprint density at radius 3 is 2.45 bits per heavy atom. The number of rotatable bonds is 7. The molecule has 0 N–H and O–H groups in total. The molecule has 5 aromatic rings. The minimum absolute atomic E-state index is 0.0157. The van der Waals surface area contributed by atoms with Crippen LogP contribution in [0.3, 0.4) is 0 Å². The van der Waals surface area contributed by atoms with Crippen LogP contribution in [0.15, 0.2) is 90.0 Å². The first-order valence-electron chi connectivity index (χ1n) is 14.2. The Hall–Kier alpha value is -4.89. The molecule has 0 saturated carbocycles. The zero-order valence-electron chi connectivity index (χ0n) is 24.3. The van der Waals surface area contributed by atoms with Crippen molar-refractivity contribution in [2.45, 2.75) is 25.3 Å². The minimum atomic E-state index is -3.83. The number of aromatic nitrogens is 2. The van der Waals surface area contributed by atoms with Crippen LogP contribution in [0.25, 0.3) is 28.0 Å². The van der Waals surface area contributed by atoms with Crippen molar-refractivity contribution in [3.05, 3.63) is 118 Å². The van der Waals surface area contributed by atoms with Crippen LogP contribution < -0.4 is 0 Å². The Bertz CT molecular complexity index is 2060. The maximum absolute atomic E-state index is 13.4. The van der Waals surface area contributed by atoms with Crippen molar-refractivity contribution < 1.29 is 13.3 Å². The molecule has 0 amide bonds. The van der Waals surface area contributed by atoms with Gasteiger partial charge in [-0.05, 0) is 54.8 Å². The summed E-state index contributed by atoms with van der Waals surface area (Å²) in [6, 6.07) is 25.0. The van der Waals surface area contributed by atoms with Crippen molar-refractivity contribution in [2.24, 2.45) is 0 Å². The van der Waals surface area contributed by atoms with Gasteiger partial charge in [0.15, 0.2) is 0 Å². The smallest absolute Gasteiger partial charge is 0.270 e. The second kappa shape index (κ2) is 11.7. The number of pyridine rings is 1. The summed E-state index contributed by atoms with van der Waals surface area (Å²) in [5.74, 6) is 0. The summed E-state index contributed by atoms with van der Waals surface area (Å²) in [5, 5.41) is 21.0. The molecule has 1 aliphatic rings. The Labute approximate surface area is 255 Å². The molecule has 222 valence electrons.